The van der Waals surface area contributed by atoms with Gasteiger partial charge in [-0.05, 0) is 12.1 Å². The average Bonchev–Trinajstić information content (AvgIpc) is 2.26. The number of hydrogen-bond acceptors (Lipinski definition) is 5. The number of nitrogens with two attached hydrogens (primary N) is 1. The molecule has 6 nitrogen and oxygen atoms in total. The maximum absolute atomic E-state index is 11.5. The first-order valence-electron chi connectivity index (χ1n) is 4.62. The topological polar surface area (TPSA) is 85.5 Å². The molecule has 0 aromatic carbocycles. The number of anilines is 2. The molecule has 16 heavy (non-hydrogen) atoms. The van der Waals surface area contributed by atoms with Gasteiger partial charge in [-0.1, -0.05) is 0 Å². The molecule has 0 saturated carbocycles. The van der Waals surface area contributed by atoms with Gasteiger partial charge < -0.3 is 15.4 Å². The highest BCUT2D eigenvalue weighted by Gasteiger charge is 2.12. The third kappa shape index (κ3) is 3.23. The van der Waals surface area contributed by atoms with Gasteiger partial charge in [0, 0.05) is 14.0 Å². The Morgan fingerprint density at radius 1 is 1.50 bits per heavy atom. The van der Waals surface area contributed by atoms with E-state index < -0.39 is 5.97 Å². The Labute approximate surface area is 93.0 Å². The van der Waals surface area contributed by atoms with Crippen molar-refractivity contribution in [2.24, 2.45) is 0 Å². The average molecular weight is 223 g/mol. The summed E-state index contributed by atoms with van der Waals surface area (Å²) in [7, 11) is 1.57. The van der Waals surface area contributed by atoms with Gasteiger partial charge in [-0.2, -0.15) is 0 Å². The van der Waals surface area contributed by atoms with Crippen molar-refractivity contribution in [2.45, 2.75) is 6.92 Å². The van der Waals surface area contributed by atoms with E-state index in [4.69, 9.17) is 5.73 Å². The normalized spacial score (nSPS) is 9.62. The van der Waals surface area contributed by atoms with E-state index in [1.54, 1.807) is 19.2 Å². The number of hydrogen-bond donors (Lipinski definition) is 1. The molecular weight excluding hydrogens is 210 g/mol. The number of nitrogens with zero attached hydrogens (tertiary/aromatic N) is 2. The smallest absolute Gasteiger partial charge is 0.303 e. The monoisotopic (exact) mass is 223 g/mol. The number of nitrogen functional groups attached to an aromatic ring is 1. The highest BCUT2D eigenvalue weighted by Crippen LogP contribution is 2.12. The van der Waals surface area contributed by atoms with E-state index in [9.17, 15) is 9.59 Å². The van der Waals surface area contributed by atoms with E-state index in [-0.39, 0.29) is 12.5 Å². The SMILES string of the molecule is CC(=O)OCC(=O)N(C)c1ccc(N)nc1. The van der Waals surface area contributed by atoms with E-state index in [1.807, 2.05) is 0 Å². The van der Waals surface area contributed by atoms with Gasteiger partial charge in [-0.15, -0.1) is 0 Å². The molecule has 0 atom stereocenters. The van der Waals surface area contributed by atoms with Crippen LogP contribution in [0.1, 0.15) is 6.92 Å². The number of pyridine rings is 1. The minimum Gasteiger partial charge on any atom is -0.456 e. The Morgan fingerprint density at radius 3 is 2.69 bits per heavy atom. The van der Waals surface area contributed by atoms with Crippen LogP contribution < -0.4 is 10.6 Å². The molecule has 1 heterocycles. The fourth-order valence-electron chi connectivity index (χ4n) is 1.00. The molecule has 1 amide bonds. The van der Waals surface area contributed by atoms with Gasteiger partial charge in [-0.3, -0.25) is 9.59 Å². The predicted molar refractivity (Wildman–Crippen MR) is 58.7 cm³/mol. The van der Waals surface area contributed by atoms with Crippen LogP contribution in [0.3, 0.4) is 0 Å². The molecule has 1 rings (SSSR count). The van der Waals surface area contributed by atoms with Crippen molar-refractivity contribution in [3.8, 4) is 0 Å². The second kappa shape index (κ2) is 5.11. The zero-order valence-electron chi connectivity index (χ0n) is 9.14. The van der Waals surface area contributed by atoms with Crippen molar-refractivity contribution >= 4 is 23.4 Å². The summed E-state index contributed by atoms with van der Waals surface area (Å²) in [5, 5.41) is 0. The van der Waals surface area contributed by atoms with Crippen molar-refractivity contribution in [1.29, 1.82) is 0 Å². The lowest BCUT2D eigenvalue weighted by Gasteiger charge is -2.16. The first-order valence-corrected chi connectivity index (χ1v) is 4.62. The van der Waals surface area contributed by atoms with E-state index in [0.29, 0.717) is 11.5 Å². The van der Waals surface area contributed by atoms with Crippen molar-refractivity contribution < 1.29 is 14.3 Å². The molecule has 0 bridgehead atoms. The van der Waals surface area contributed by atoms with Crippen molar-refractivity contribution in [3.05, 3.63) is 18.3 Å². The zero-order valence-corrected chi connectivity index (χ0v) is 9.14. The second-order valence-corrected chi connectivity index (χ2v) is 3.17. The molecule has 2 N–H and O–H groups in total. The van der Waals surface area contributed by atoms with Gasteiger partial charge in [0.15, 0.2) is 6.61 Å². The molecule has 0 aliphatic heterocycles. The number of aromatic nitrogens is 1. The van der Waals surface area contributed by atoms with Crippen molar-refractivity contribution in [2.75, 3.05) is 24.3 Å². The molecular formula is C10H13N3O3. The molecule has 0 saturated heterocycles. The van der Waals surface area contributed by atoms with Crippen molar-refractivity contribution in [3.63, 3.8) is 0 Å². The maximum Gasteiger partial charge on any atom is 0.303 e. The summed E-state index contributed by atoms with van der Waals surface area (Å²) in [6.45, 7) is 0.967. The number of amides is 1. The summed E-state index contributed by atoms with van der Waals surface area (Å²) >= 11 is 0. The van der Waals surface area contributed by atoms with E-state index >= 15 is 0 Å². The highest BCUT2D eigenvalue weighted by molar-refractivity contribution is 5.94. The third-order valence-electron chi connectivity index (χ3n) is 1.93. The van der Waals surface area contributed by atoms with Gasteiger partial charge in [0.05, 0.1) is 11.9 Å². The number of rotatable bonds is 3. The fraction of sp³-hybridized carbons (Fsp3) is 0.300. The molecule has 0 unspecified atom stereocenters. The Bertz CT molecular complexity index is 389. The maximum atomic E-state index is 11.5. The van der Waals surface area contributed by atoms with E-state index in [0.717, 1.165) is 0 Å². The number of likely N-dealkylation sites (N-methyl/N-ethyl adjacent to an activating group) is 1. The summed E-state index contributed by atoms with van der Waals surface area (Å²) in [5.41, 5.74) is 6.01. The zero-order chi connectivity index (χ0) is 12.1. The summed E-state index contributed by atoms with van der Waals surface area (Å²) in [5.74, 6) is -0.441. The van der Waals surface area contributed by atoms with E-state index in [1.165, 1.54) is 18.0 Å². The molecule has 6 heteroatoms. The van der Waals surface area contributed by atoms with Gasteiger partial charge in [0.25, 0.3) is 5.91 Å². The largest absolute Gasteiger partial charge is 0.456 e. The van der Waals surface area contributed by atoms with Crippen LogP contribution in [0.15, 0.2) is 18.3 Å². The minimum atomic E-state index is -0.489. The second-order valence-electron chi connectivity index (χ2n) is 3.17. The van der Waals surface area contributed by atoms with Crippen LogP contribution in [0.4, 0.5) is 11.5 Å². The molecule has 0 aliphatic rings. The first-order chi connectivity index (χ1) is 7.50. The Balaban J connectivity index is 2.63. The van der Waals surface area contributed by atoms with Gasteiger partial charge in [0.2, 0.25) is 0 Å². The molecule has 0 spiro atoms. The molecule has 1 aromatic rings. The van der Waals surface area contributed by atoms with Gasteiger partial charge in [0.1, 0.15) is 5.82 Å². The van der Waals surface area contributed by atoms with Crippen LogP contribution in [0.2, 0.25) is 0 Å². The number of ether oxygens (including phenoxy) is 1. The Morgan fingerprint density at radius 2 is 2.19 bits per heavy atom. The van der Waals surface area contributed by atoms with Crippen LogP contribution in [0, 0.1) is 0 Å². The summed E-state index contributed by atoms with van der Waals surface area (Å²) in [6.07, 6.45) is 1.47. The molecule has 1 aromatic heterocycles. The number of carbonyl (C=O) groups is 2. The highest BCUT2D eigenvalue weighted by atomic mass is 16.5. The Kier molecular flexibility index (Phi) is 3.82. The molecule has 0 fully saturated rings. The summed E-state index contributed by atoms with van der Waals surface area (Å²) in [4.78, 5) is 27.2. The fourth-order valence-corrected chi connectivity index (χ4v) is 1.00. The number of esters is 1. The van der Waals surface area contributed by atoms with Crippen LogP contribution in [0.25, 0.3) is 0 Å². The summed E-state index contributed by atoms with van der Waals surface area (Å²) in [6, 6.07) is 3.25. The number of carbonyl (C=O) groups excluding carboxylic acids is 2. The van der Waals surface area contributed by atoms with Gasteiger partial charge in [-0.25, -0.2) is 4.98 Å². The summed E-state index contributed by atoms with van der Waals surface area (Å²) < 4.78 is 4.59. The van der Waals surface area contributed by atoms with Crippen LogP contribution in [-0.4, -0.2) is 30.5 Å². The quantitative estimate of drug-likeness (QED) is 0.739. The molecule has 0 aliphatic carbocycles. The van der Waals surface area contributed by atoms with Gasteiger partial charge >= 0.3 is 5.97 Å². The lowest BCUT2D eigenvalue weighted by atomic mass is 10.3. The van der Waals surface area contributed by atoms with E-state index in [2.05, 4.69) is 9.72 Å². The van der Waals surface area contributed by atoms with Crippen LogP contribution >= 0.6 is 0 Å². The first kappa shape index (κ1) is 12.0. The lowest BCUT2D eigenvalue weighted by molar-refractivity contribution is -0.145. The molecule has 86 valence electrons. The van der Waals surface area contributed by atoms with Crippen LogP contribution in [-0.2, 0) is 14.3 Å². The predicted octanol–water partition coefficient (Wildman–Crippen LogP) is 0.190. The van der Waals surface area contributed by atoms with Crippen LogP contribution in [0.5, 0.6) is 0 Å². The van der Waals surface area contributed by atoms with Crippen molar-refractivity contribution in [1.82, 2.24) is 4.98 Å². The Hall–Kier alpha value is -2.11. The standard InChI is InChI=1S/C10H13N3O3/c1-7(14)16-6-10(15)13(2)8-3-4-9(11)12-5-8/h3-5H,6H2,1-2H3,(H2,11,12). The lowest BCUT2D eigenvalue weighted by Crippen LogP contribution is -2.30. The minimum absolute atomic E-state index is 0.282. The third-order valence-corrected chi connectivity index (χ3v) is 1.93. The molecule has 0 radical (unpaired) electrons.